The minimum atomic E-state index is -1.02. The molecular weight excluding hydrogens is 360 g/mol. The number of H-pyrrole nitrogens is 1. The highest BCUT2D eigenvalue weighted by Gasteiger charge is 2.22. The van der Waals surface area contributed by atoms with E-state index in [1.807, 2.05) is 7.05 Å². The highest BCUT2D eigenvalue weighted by molar-refractivity contribution is 6.05. The van der Waals surface area contributed by atoms with Crippen molar-refractivity contribution in [2.45, 2.75) is 18.9 Å². The molecule has 10 heteroatoms. The van der Waals surface area contributed by atoms with Gasteiger partial charge in [-0.2, -0.15) is 0 Å². The zero-order valence-corrected chi connectivity index (χ0v) is 14.6. The molecule has 2 amide bonds. The molecule has 1 fully saturated rings. The molecule has 0 aliphatic carbocycles. The highest BCUT2D eigenvalue weighted by atomic mass is 19.1. The molecule has 8 nitrogen and oxygen atoms in total. The molecule has 27 heavy (non-hydrogen) atoms. The summed E-state index contributed by atoms with van der Waals surface area (Å²) in [6.07, 6.45) is 2.11. The number of hydrogen-bond acceptors (Lipinski definition) is 5. The lowest BCUT2D eigenvalue weighted by Crippen LogP contribution is -2.44. The van der Waals surface area contributed by atoms with E-state index in [0.29, 0.717) is 0 Å². The summed E-state index contributed by atoms with van der Waals surface area (Å²) in [5.74, 6) is -3.23. The Morgan fingerprint density at radius 1 is 1.26 bits per heavy atom. The van der Waals surface area contributed by atoms with Crippen LogP contribution in [0.5, 0.6) is 5.88 Å². The van der Waals surface area contributed by atoms with Gasteiger partial charge in [0.05, 0.1) is 0 Å². The zero-order valence-electron chi connectivity index (χ0n) is 14.6. The summed E-state index contributed by atoms with van der Waals surface area (Å²) in [6.45, 7) is 1.73. The number of piperidine rings is 1. The van der Waals surface area contributed by atoms with Crippen LogP contribution in [0.4, 0.5) is 19.3 Å². The number of anilines is 1. The van der Waals surface area contributed by atoms with Crippen molar-refractivity contribution in [1.29, 1.82) is 0 Å². The van der Waals surface area contributed by atoms with E-state index in [2.05, 4.69) is 25.7 Å². The quantitative estimate of drug-likeness (QED) is 0.756. The van der Waals surface area contributed by atoms with E-state index in [0.717, 1.165) is 44.1 Å². The number of halogens is 2. The second kappa shape index (κ2) is 8.12. The fourth-order valence-corrected chi connectivity index (χ4v) is 2.78. The first-order chi connectivity index (χ1) is 12.9. The van der Waals surface area contributed by atoms with Gasteiger partial charge in [0.25, 0.3) is 11.8 Å². The third kappa shape index (κ3) is 4.59. The summed E-state index contributed by atoms with van der Waals surface area (Å²) in [6, 6.07) is 3.08. The molecule has 0 spiro atoms. The monoisotopic (exact) mass is 379 g/mol. The van der Waals surface area contributed by atoms with Gasteiger partial charge < -0.3 is 20.3 Å². The molecule has 1 aromatic carbocycles. The van der Waals surface area contributed by atoms with Gasteiger partial charge in [0.1, 0.15) is 22.9 Å². The lowest BCUT2D eigenvalue weighted by molar-refractivity contribution is 0.101. The van der Waals surface area contributed by atoms with Crippen LogP contribution in [0.1, 0.15) is 23.2 Å². The number of nitrogens with one attached hydrogen (secondary N) is 3. The molecule has 144 valence electrons. The van der Waals surface area contributed by atoms with E-state index < -0.39 is 29.2 Å². The Morgan fingerprint density at radius 3 is 2.59 bits per heavy atom. The number of carbonyl (C=O) groups excluding carboxylic acids is 2. The number of aromatic amines is 1. The van der Waals surface area contributed by atoms with E-state index >= 15 is 0 Å². The van der Waals surface area contributed by atoms with Gasteiger partial charge in [0.15, 0.2) is 0 Å². The molecule has 1 saturated heterocycles. The number of rotatable bonds is 4. The normalized spacial score (nSPS) is 15.4. The fourth-order valence-electron chi connectivity index (χ4n) is 2.78. The maximum absolute atomic E-state index is 13.7. The van der Waals surface area contributed by atoms with Crippen molar-refractivity contribution in [3.63, 3.8) is 0 Å². The van der Waals surface area contributed by atoms with Gasteiger partial charge in [-0.3, -0.25) is 9.89 Å². The Bertz CT molecular complexity index is 813. The van der Waals surface area contributed by atoms with Crippen LogP contribution < -0.4 is 15.4 Å². The van der Waals surface area contributed by atoms with Crippen LogP contribution in [-0.2, 0) is 0 Å². The number of ether oxygens (including phenoxy) is 1. The van der Waals surface area contributed by atoms with Gasteiger partial charge in [-0.05, 0) is 45.1 Å². The number of benzene rings is 1. The maximum atomic E-state index is 13.7. The van der Waals surface area contributed by atoms with Gasteiger partial charge in [-0.15, -0.1) is 5.10 Å². The predicted octanol–water partition coefficient (Wildman–Crippen LogP) is 2.12. The van der Waals surface area contributed by atoms with Crippen LogP contribution in [0, 0.1) is 11.6 Å². The van der Waals surface area contributed by atoms with Crippen LogP contribution in [0.3, 0.4) is 0 Å². The fraction of sp³-hybridized carbons (Fsp3) is 0.353. The van der Waals surface area contributed by atoms with E-state index in [1.54, 1.807) is 0 Å². The van der Waals surface area contributed by atoms with Gasteiger partial charge in [-0.1, -0.05) is 6.07 Å². The van der Waals surface area contributed by atoms with Crippen LogP contribution >= 0.6 is 0 Å². The average Bonchev–Trinajstić information content (AvgIpc) is 3.03. The van der Waals surface area contributed by atoms with Crippen molar-refractivity contribution in [3.05, 3.63) is 41.6 Å². The molecule has 2 heterocycles. The molecule has 0 radical (unpaired) electrons. The van der Waals surface area contributed by atoms with Crippen LogP contribution in [0.2, 0.25) is 0 Å². The number of carbonyl (C=O) groups is 2. The first-order valence-electron chi connectivity index (χ1n) is 8.40. The van der Waals surface area contributed by atoms with Gasteiger partial charge in [0, 0.05) is 12.2 Å². The number of hydrogen-bond donors (Lipinski definition) is 3. The zero-order chi connectivity index (χ0) is 19.4. The maximum Gasteiger partial charge on any atom is 0.414 e. The van der Waals surface area contributed by atoms with Crippen molar-refractivity contribution in [1.82, 2.24) is 20.4 Å². The van der Waals surface area contributed by atoms with E-state index in [-0.39, 0.29) is 17.6 Å². The topological polar surface area (TPSA) is 99.3 Å². The third-order valence-electron chi connectivity index (χ3n) is 4.27. The molecule has 3 N–H and O–H groups in total. The molecule has 0 bridgehead atoms. The largest absolute Gasteiger partial charge is 0.414 e. The van der Waals surface area contributed by atoms with Crippen molar-refractivity contribution in [2.75, 3.05) is 25.5 Å². The van der Waals surface area contributed by atoms with Gasteiger partial charge >= 0.3 is 6.09 Å². The van der Waals surface area contributed by atoms with E-state index in [9.17, 15) is 18.4 Å². The van der Waals surface area contributed by atoms with E-state index in [4.69, 9.17) is 4.74 Å². The summed E-state index contributed by atoms with van der Waals surface area (Å²) in [7, 11) is 2.01. The number of nitrogens with zero attached hydrogens (tertiary/aromatic N) is 2. The molecule has 1 aliphatic rings. The lowest BCUT2D eigenvalue weighted by Gasteiger charge is -2.28. The van der Waals surface area contributed by atoms with Gasteiger partial charge in [-0.25, -0.2) is 13.6 Å². The van der Waals surface area contributed by atoms with Crippen LogP contribution in [-0.4, -0.2) is 53.3 Å². The molecule has 0 saturated carbocycles. The minimum absolute atomic E-state index is 0.0128. The standard InChI is InChI=1S/C17H19F2N5O3/c1-24-7-5-10(6-8-24)21-17(26)27-16-13(9-20-23-16)22-15(25)14-11(18)3-2-4-12(14)19/h2-4,9-10H,5-8H2,1H3,(H,20,23)(H,21,26)(H,22,25). The van der Waals surface area contributed by atoms with Crippen LogP contribution in [0.25, 0.3) is 0 Å². The molecule has 0 atom stereocenters. The molecule has 1 aliphatic heterocycles. The molecule has 1 aromatic heterocycles. The van der Waals surface area contributed by atoms with Gasteiger partial charge in [0.2, 0.25) is 0 Å². The highest BCUT2D eigenvalue weighted by Crippen LogP contribution is 2.23. The Labute approximate surface area is 153 Å². The Morgan fingerprint density at radius 2 is 1.93 bits per heavy atom. The molecule has 2 aromatic rings. The Balaban J connectivity index is 1.62. The van der Waals surface area contributed by atoms with Crippen LogP contribution in [0.15, 0.2) is 24.4 Å². The molecule has 0 unspecified atom stereocenters. The number of amides is 2. The Kier molecular flexibility index (Phi) is 5.65. The van der Waals surface area contributed by atoms with Crippen molar-refractivity contribution in [2.24, 2.45) is 0 Å². The molecule has 3 rings (SSSR count). The summed E-state index contributed by atoms with van der Waals surface area (Å²) in [5.41, 5.74) is -0.749. The van der Waals surface area contributed by atoms with E-state index in [1.165, 1.54) is 6.20 Å². The SMILES string of the molecule is CN1CCC(NC(=O)Oc2n[nH]cc2NC(=O)c2c(F)cccc2F)CC1. The molecular formula is C17H19F2N5O3. The Hall–Kier alpha value is -3.01. The minimum Gasteiger partial charge on any atom is -0.387 e. The summed E-state index contributed by atoms with van der Waals surface area (Å²) in [5, 5.41) is 11.2. The smallest absolute Gasteiger partial charge is 0.387 e. The second-order valence-corrected chi connectivity index (χ2v) is 6.27. The third-order valence-corrected chi connectivity index (χ3v) is 4.27. The summed E-state index contributed by atoms with van der Waals surface area (Å²) in [4.78, 5) is 26.3. The van der Waals surface area contributed by atoms with Crippen molar-refractivity contribution < 1.29 is 23.1 Å². The first-order valence-corrected chi connectivity index (χ1v) is 8.40. The lowest BCUT2D eigenvalue weighted by atomic mass is 10.1. The number of aromatic nitrogens is 2. The van der Waals surface area contributed by atoms with Crippen molar-refractivity contribution >= 4 is 17.7 Å². The van der Waals surface area contributed by atoms with Crippen molar-refractivity contribution in [3.8, 4) is 5.88 Å². The average molecular weight is 379 g/mol. The number of likely N-dealkylation sites (tertiary alicyclic amines) is 1. The first kappa shape index (κ1) is 18.8. The second-order valence-electron chi connectivity index (χ2n) is 6.27. The summed E-state index contributed by atoms with van der Waals surface area (Å²) >= 11 is 0. The summed E-state index contributed by atoms with van der Waals surface area (Å²) < 4.78 is 32.5. The predicted molar refractivity (Wildman–Crippen MR) is 92.6 cm³/mol.